The Kier molecular flexibility index (Phi) is 4.59. The van der Waals surface area contributed by atoms with Crippen molar-refractivity contribution < 1.29 is 14.7 Å². The number of carbonyl (C=O) groups excluding carboxylic acids is 2. The molecule has 0 aromatic rings. The maximum atomic E-state index is 11.1. The van der Waals surface area contributed by atoms with Gasteiger partial charge in [-0.1, -0.05) is 0 Å². The SMILES string of the molecule is CC(C)(CO)NC(=O)C(=O)NCC#N. The zero-order valence-electron chi connectivity index (χ0n) is 8.13. The van der Waals surface area contributed by atoms with Crippen molar-refractivity contribution in [2.24, 2.45) is 0 Å². The molecule has 0 unspecified atom stereocenters. The molecule has 0 aliphatic rings. The molecule has 0 aromatic heterocycles. The first kappa shape index (κ1) is 12.4. The molecule has 0 aromatic carbocycles. The number of rotatable bonds is 3. The molecule has 3 N–H and O–H groups in total. The summed E-state index contributed by atoms with van der Waals surface area (Å²) in [5.41, 5.74) is -0.846. The van der Waals surface area contributed by atoms with E-state index in [2.05, 4.69) is 10.6 Å². The summed E-state index contributed by atoms with van der Waals surface area (Å²) in [6.45, 7) is 2.65. The third-order valence-corrected chi connectivity index (χ3v) is 1.38. The highest BCUT2D eigenvalue weighted by atomic mass is 16.3. The first-order chi connectivity index (χ1) is 6.43. The molecule has 0 radical (unpaired) electrons. The van der Waals surface area contributed by atoms with Crippen LogP contribution in [0.2, 0.25) is 0 Å². The van der Waals surface area contributed by atoms with E-state index in [4.69, 9.17) is 10.4 Å². The van der Waals surface area contributed by atoms with Gasteiger partial charge in [0.1, 0.15) is 6.54 Å². The largest absolute Gasteiger partial charge is 0.394 e. The van der Waals surface area contributed by atoms with Gasteiger partial charge in [-0.15, -0.1) is 0 Å². The number of aliphatic hydroxyl groups is 1. The van der Waals surface area contributed by atoms with E-state index in [1.54, 1.807) is 19.9 Å². The van der Waals surface area contributed by atoms with E-state index in [1.807, 2.05) is 0 Å². The van der Waals surface area contributed by atoms with Crippen molar-refractivity contribution in [3.05, 3.63) is 0 Å². The molecular formula is C8H13N3O3. The molecule has 0 atom stereocenters. The predicted octanol–water partition coefficient (Wildman–Crippen LogP) is -1.49. The molecule has 0 saturated carbocycles. The molecule has 0 rings (SSSR count). The Bertz CT molecular complexity index is 267. The number of aliphatic hydroxyl groups excluding tert-OH is 1. The smallest absolute Gasteiger partial charge is 0.310 e. The second kappa shape index (κ2) is 5.19. The number of nitriles is 1. The molecule has 0 spiro atoms. The topological polar surface area (TPSA) is 102 Å². The van der Waals surface area contributed by atoms with Crippen molar-refractivity contribution in [1.29, 1.82) is 5.26 Å². The van der Waals surface area contributed by atoms with Crippen LogP contribution in [0.15, 0.2) is 0 Å². The quantitative estimate of drug-likeness (QED) is 0.380. The van der Waals surface area contributed by atoms with Crippen LogP contribution in [0.3, 0.4) is 0 Å². The molecule has 0 bridgehead atoms. The fourth-order valence-electron chi connectivity index (χ4n) is 0.604. The van der Waals surface area contributed by atoms with Gasteiger partial charge < -0.3 is 15.7 Å². The maximum Gasteiger partial charge on any atom is 0.310 e. The van der Waals surface area contributed by atoms with Gasteiger partial charge in [0.2, 0.25) is 0 Å². The third-order valence-electron chi connectivity index (χ3n) is 1.38. The second-order valence-electron chi connectivity index (χ2n) is 3.34. The average Bonchev–Trinajstić information content (AvgIpc) is 2.13. The van der Waals surface area contributed by atoms with E-state index in [0.717, 1.165) is 0 Å². The number of nitrogens with one attached hydrogen (secondary N) is 2. The Morgan fingerprint density at radius 3 is 2.43 bits per heavy atom. The van der Waals surface area contributed by atoms with Crippen LogP contribution in [0.1, 0.15) is 13.8 Å². The Morgan fingerprint density at radius 2 is 2.00 bits per heavy atom. The molecular weight excluding hydrogens is 186 g/mol. The third kappa shape index (κ3) is 4.42. The van der Waals surface area contributed by atoms with E-state index in [1.165, 1.54) is 0 Å². The summed E-state index contributed by atoms with van der Waals surface area (Å²) in [6.07, 6.45) is 0. The molecule has 14 heavy (non-hydrogen) atoms. The zero-order chi connectivity index (χ0) is 11.2. The lowest BCUT2D eigenvalue weighted by molar-refractivity contribution is -0.140. The molecule has 0 heterocycles. The normalized spacial score (nSPS) is 10.1. The first-order valence-corrected chi connectivity index (χ1v) is 4.01. The standard InChI is InChI=1S/C8H13N3O3/c1-8(2,5-12)11-7(14)6(13)10-4-3-9/h12H,4-5H2,1-2H3,(H,10,13)(H,11,14). The zero-order valence-corrected chi connectivity index (χ0v) is 8.13. The molecule has 78 valence electrons. The summed E-state index contributed by atoms with van der Waals surface area (Å²) in [5.74, 6) is -1.74. The number of amides is 2. The molecule has 2 amide bonds. The minimum Gasteiger partial charge on any atom is -0.394 e. The van der Waals surface area contributed by atoms with Crippen molar-refractivity contribution in [2.75, 3.05) is 13.2 Å². The second-order valence-corrected chi connectivity index (χ2v) is 3.34. The number of hydrogen-bond donors (Lipinski definition) is 3. The highest BCUT2D eigenvalue weighted by Gasteiger charge is 2.23. The highest BCUT2D eigenvalue weighted by Crippen LogP contribution is 1.98. The van der Waals surface area contributed by atoms with Gasteiger partial charge in [-0.3, -0.25) is 9.59 Å². The molecule has 0 aliphatic heterocycles. The fourth-order valence-corrected chi connectivity index (χ4v) is 0.604. The van der Waals surface area contributed by atoms with Gasteiger partial charge in [0.25, 0.3) is 0 Å². The van der Waals surface area contributed by atoms with Crippen molar-refractivity contribution in [2.45, 2.75) is 19.4 Å². The van der Waals surface area contributed by atoms with E-state index < -0.39 is 17.4 Å². The van der Waals surface area contributed by atoms with Crippen LogP contribution in [0.5, 0.6) is 0 Å². The average molecular weight is 199 g/mol. The Hall–Kier alpha value is -1.61. The van der Waals surface area contributed by atoms with E-state index in [0.29, 0.717) is 0 Å². The van der Waals surface area contributed by atoms with E-state index in [-0.39, 0.29) is 13.2 Å². The van der Waals surface area contributed by atoms with Gasteiger partial charge >= 0.3 is 11.8 Å². The van der Waals surface area contributed by atoms with Crippen LogP contribution in [0, 0.1) is 11.3 Å². The van der Waals surface area contributed by atoms with Crippen LogP contribution in [-0.2, 0) is 9.59 Å². The Balaban J connectivity index is 4.10. The highest BCUT2D eigenvalue weighted by molar-refractivity contribution is 6.35. The van der Waals surface area contributed by atoms with Crippen LogP contribution < -0.4 is 10.6 Å². The van der Waals surface area contributed by atoms with Crippen molar-refractivity contribution in [3.8, 4) is 6.07 Å². The number of hydrogen-bond acceptors (Lipinski definition) is 4. The van der Waals surface area contributed by atoms with Crippen LogP contribution >= 0.6 is 0 Å². The minimum atomic E-state index is -0.881. The monoisotopic (exact) mass is 199 g/mol. The summed E-state index contributed by atoms with van der Waals surface area (Å²) in [6, 6.07) is 1.67. The van der Waals surface area contributed by atoms with Crippen LogP contribution in [0.4, 0.5) is 0 Å². The lowest BCUT2D eigenvalue weighted by atomic mass is 10.1. The van der Waals surface area contributed by atoms with E-state index >= 15 is 0 Å². The van der Waals surface area contributed by atoms with Crippen molar-refractivity contribution in [1.82, 2.24) is 10.6 Å². The van der Waals surface area contributed by atoms with Crippen LogP contribution in [-0.4, -0.2) is 35.6 Å². The number of nitrogens with zero attached hydrogens (tertiary/aromatic N) is 1. The van der Waals surface area contributed by atoms with Gasteiger partial charge in [0, 0.05) is 0 Å². The van der Waals surface area contributed by atoms with Gasteiger partial charge in [-0.2, -0.15) is 5.26 Å². The summed E-state index contributed by atoms with van der Waals surface area (Å²) >= 11 is 0. The van der Waals surface area contributed by atoms with E-state index in [9.17, 15) is 9.59 Å². The van der Waals surface area contributed by atoms with Crippen LogP contribution in [0.25, 0.3) is 0 Å². The summed E-state index contributed by atoms with van der Waals surface area (Å²) in [4.78, 5) is 22.0. The lowest BCUT2D eigenvalue weighted by Gasteiger charge is -2.22. The lowest BCUT2D eigenvalue weighted by Crippen LogP contribution is -2.51. The first-order valence-electron chi connectivity index (χ1n) is 4.01. The van der Waals surface area contributed by atoms with Gasteiger partial charge in [-0.05, 0) is 13.8 Å². The Morgan fingerprint density at radius 1 is 1.43 bits per heavy atom. The number of carbonyl (C=O) groups is 2. The summed E-state index contributed by atoms with van der Waals surface area (Å²) in [7, 11) is 0. The van der Waals surface area contributed by atoms with Crippen molar-refractivity contribution in [3.63, 3.8) is 0 Å². The maximum absolute atomic E-state index is 11.1. The van der Waals surface area contributed by atoms with Gasteiger partial charge in [0.05, 0.1) is 18.2 Å². The molecule has 6 heteroatoms. The van der Waals surface area contributed by atoms with Crippen molar-refractivity contribution >= 4 is 11.8 Å². The minimum absolute atomic E-state index is 0.216. The molecule has 0 saturated heterocycles. The summed E-state index contributed by atoms with van der Waals surface area (Å²) in [5, 5.41) is 21.3. The predicted molar refractivity (Wildman–Crippen MR) is 47.9 cm³/mol. The summed E-state index contributed by atoms with van der Waals surface area (Å²) < 4.78 is 0. The Labute approximate surface area is 81.9 Å². The van der Waals surface area contributed by atoms with Gasteiger partial charge in [0.15, 0.2) is 0 Å². The molecule has 0 fully saturated rings. The molecule has 6 nitrogen and oxygen atoms in total. The molecule has 0 aliphatic carbocycles. The fraction of sp³-hybridized carbons (Fsp3) is 0.625. The van der Waals surface area contributed by atoms with Gasteiger partial charge in [-0.25, -0.2) is 0 Å².